The first-order valence-electron chi connectivity index (χ1n) is 4.78. The van der Waals surface area contributed by atoms with Gasteiger partial charge in [-0.15, -0.1) is 0 Å². The molecule has 0 aliphatic carbocycles. The largest absolute Gasteiger partial charge is 0.299 e. The van der Waals surface area contributed by atoms with Crippen LogP contribution in [0.25, 0.3) is 0 Å². The minimum atomic E-state index is -0.0238. The predicted octanol–water partition coefficient (Wildman–Crippen LogP) is 2.36. The molecule has 0 atom stereocenters. The van der Waals surface area contributed by atoms with Crippen LogP contribution >= 0.6 is 11.5 Å². The monoisotopic (exact) mass is 212 g/mol. The van der Waals surface area contributed by atoms with E-state index in [1.54, 1.807) is 0 Å². The van der Waals surface area contributed by atoms with Crippen LogP contribution in [-0.2, 0) is 16.6 Å². The molecule has 1 aromatic heterocycles. The Morgan fingerprint density at radius 1 is 1.43 bits per heavy atom. The Morgan fingerprint density at radius 2 is 2.07 bits per heavy atom. The van der Waals surface area contributed by atoms with E-state index in [0.717, 1.165) is 10.8 Å². The third-order valence-electron chi connectivity index (χ3n) is 1.88. The highest BCUT2D eigenvalue weighted by Gasteiger charge is 2.19. The van der Waals surface area contributed by atoms with Crippen LogP contribution in [0.15, 0.2) is 0 Å². The fraction of sp³-hybridized carbons (Fsp3) is 0.700. The maximum Gasteiger partial charge on any atom is 0.147 e. The molecule has 14 heavy (non-hydrogen) atoms. The molecule has 0 fully saturated rings. The zero-order chi connectivity index (χ0) is 10.8. The van der Waals surface area contributed by atoms with Crippen molar-refractivity contribution in [3.05, 3.63) is 10.8 Å². The van der Waals surface area contributed by atoms with Crippen molar-refractivity contribution in [3.63, 3.8) is 0 Å². The van der Waals surface area contributed by atoms with Gasteiger partial charge in [-0.2, -0.15) is 4.37 Å². The zero-order valence-corrected chi connectivity index (χ0v) is 9.94. The number of hydrogen-bond acceptors (Lipinski definition) is 4. The molecule has 0 unspecified atom stereocenters. The van der Waals surface area contributed by atoms with E-state index >= 15 is 0 Å². The third-order valence-corrected chi connectivity index (χ3v) is 2.59. The molecule has 0 spiro atoms. The summed E-state index contributed by atoms with van der Waals surface area (Å²) in [5.41, 5.74) is -0.0238. The second-order valence-electron chi connectivity index (χ2n) is 4.33. The van der Waals surface area contributed by atoms with E-state index in [-0.39, 0.29) is 11.2 Å². The molecular formula is C10H16N2OS. The van der Waals surface area contributed by atoms with Crippen LogP contribution in [0.5, 0.6) is 0 Å². The van der Waals surface area contributed by atoms with E-state index < -0.39 is 0 Å². The lowest BCUT2D eigenvalue weighted by molar-refractivity contribution is -0.118. The fourth-order valence-corrected chi connectivity index (χ4v) is 1.78. The Balaban J connectivity index is 2.74. The minimum absolute atomic E-state index is 0.0238. The number of carbonyl (C=O) groups excluding carboxylic acids is 1. The van der Waals surface area contributed by atoms with Crippen molar-refractivity contribution in [2.45, 2.75) is 46.0 Å². The Morgan fingerprint density at radius 3 is 2.50 bits per heavy atom. The topological polar surface area (TPSA) is 42.9 Å². The van der Waals surface area contributed by atoms with Gasteiger partial charge in [0, 0.05) is 11.8 Å². The average Bonchev–Trinajstić information content (AvgIpc) is 2.51. The van der Waals surface area contributed by atoms with Gasteiger partial charge in [0.1, 0.15) is 16.6 Å². The van der Waals surface area contributed by atoms with E-state index in [4.69, 9.17) is 0 Å². The van der Waals surface area contributed by atoms with Gasteiger partial charge >= 0.3 is 0 Å². The number of hydrogen-bond donors (Lipinski definition) is 0. The van der Waals surface area contributed by atoms with Crippen LogP contribution in [-0.4, -0.2) is 15.1 Å². The summed E-state index contributed by atoms with van der Waals surface area (Å²) in [5, 5.41) is 0.835. The van der Waals surface area contributed by atoms with E-state index in [9.17, 15) is 4.79 Å². The van der Waals surface area contributed by atoms with Gasteiger partial charge in [-0.25, -0.2) is 4.98 Å². The molecule has 0 aromatic carbocycles. The van der Waals surface area contributed by atoms with Gasteiger partial charge in [0.15, 0.2) is 0 Å². The Hall–Kier alpha value is -0.770. The van der Waals surface area contributed by atoms with Crippen LogP contribution in [0.1, 0.15) is 44.9 Å². The Bertz CT molecular complexity index is 325. The van der Waals surface area contributed by atoms with Crippen molar-refractivity contribution in [3.8, 4) is 0 Å². The van der Waals surface area contributed by atoms with Crippen LogP contribution in [0.2, 0.25) is 0 Å². The van der Waals surface area contributed by atoms with Crippen molar-refractivity contribution in [2.75, 3.05) is 0 Å². The van der Waals surface area contributed by atoms with Crippen LogP contribution < -0.4 is 0 Å². The molecule has 0 saturated heterocycles. The zero-order valence-electron chi connectivity index (χ0n) is 9.13. The van der Waals surface area contributed by atoms with E-state index in [1.807, 2.05) is 6.92 Å². The lowest BCUT2D eigenvalue weighted by Crippen LogP contribution is -2.13. The second-order valence-corrected chi connectivity index (χ2v) is 5.17. The van der Waals surface area contributed by atoms with Crippen molar-refractivity contribution >= 4 is 17.3 Å². The molecular weight excluding hydrogens is 196 g/mol. The summed E-state index contributed by atoms with van der Waals surface area (Å²) in [7, 11) is 0. The summed E-state index contributed by atoms with van der Waals surface area (Å²) in [5.74, 6) is 1.06. The summed E-state index contributed by atoms with van der Waals surface area (Å²) in [6, 6.07) is 0. The van der Waals surface area contributed by atoms with Gasteiger partial charge in [-0.3, -0.25) is 4.79 Å². The SMILES string of the molecule is CCC(=O)Cc1nc(C(C)(C)C)ns1. The van der Waals surface area contributed by atoms with Crippen molar-refractivity contribution < 1.29 is 4.79 Å². The van der Waals surface area contributed by atoms with Gasteiger partial charge in [0.2, 0.25) is 0 Å². The minimum Gasteiger partial charge on any atom is -0.299 e. The molecule has 1 aromatic rings. The lowest BCUT2D eigenvalue weighted by atomic mass is 9.96. The van der Waals surface area contributed by atoms with Crippen molar-refractivity contribution in [2.24, 2.45) is 0 Å². The number of aromatic nitrogens is 2. The molecule has 0 aliphatic heterocycles. The van der Waals surface area contributed by atoms with Crippen molar-refractivity contribution in [1.82, 2.24) is 9.36 Å². The number of ketones is 1. The van der Waals surface area contributed by atoms with E-state index in [1.165, 1.54) is 11.5 Å². The normalized spacial score (nSPS) is 11.7. The van der Waals surface area contributed by atoms with Crippen LogP contribution in [0, 0.1) is 0 Å². The summed E-state index contributed by atoms with van der Waals surface area (Å²) < 4.78 is 4.25. The van der Waals surface area contributed by atoms with Gasteiger partial charge < -0.3 is 0 Å². The predicted molar refractivity (Wildman–Crippen MR) is 57.6 cm³/mol. The Labute approximate surface area is 88.7 Å². The van der Waals surface area contributed by atoms with E-state index in [0.29, 0.717) is 12.8 Å². The fourth-order valence-electron chi connectivity index (χ4n) is 0.925. The maximum absolute atomic E-state index is 11.2. The molecule has 0 N–H and O–H groups in total. The molecule has 3 nitrogen and oxygen atoms in total. The summed E-state index contributed by atoms with van der Waals surface area (Å²) in [4.78, 5) is 15.5. The number of rotatable bonds is 3. The molecule has 0 radical (unpaired) electrons. The highest BCUT2D eigenvalue weighted by atomic mass is 32.1. The molecule has 78 valence electrons. The number of Topliss-reactive ketones (excluding diaryl/α,β-unsaturated/α-hetero) is 1. The van der Waals surface area contributed by atoms with Gasteiger partial charge in [0.05, 0.1) is 6.42 Å². The molecule has 0 bridgehead atoms. The first-order chi connectivity index (χ1) is 6.43. The molecule has 1 heterocycles. The first kappa shape index (κ1) is 11.3. The molecule has 1 rings (SSSR count). The quantitative estimate of drug-likeness (QED) is 0.772. The molecule has 4 heteroatoms. The molecule has 0 amide bonds. The van der Waals surface area contributed by atoms with Gasteiger partial charge in [-0.1, -0.05) is 27.7 Å². The van der Waals surface area contributed by atoms with Gasteiger partial charge in [-0.05, 0) is 11.5 Å². The standard InChI is InChI=1S/C10H16N2OS/c1-5-7(13)6-8-11-9(12-14-8)10(2,3)4/h5-6H2,1-4H3. The third kappa shape index (κ3) is 2.87. The number of nitrogens with zero attached hydrogens (tertiary/aromatic N) is 2. The number of carbonyl (C=O) groups is 1. The van der Waals surface area contributed by atoms with E-state index in [2.05, 4.69) is 30.1 Å². The molecule has 0 aliphatic rings. The average molecular weight is 212 g/mol. The summed E-state index contributed by atoms with van der Waals surface area (Å²) >= 11 is 1.34. The summed E-state index contributed by atoms with van der Waals surface area (Å²) in [6.07, 6.45) is 1.01. The first-order valence-corrected chi connectivity index (χ1v) is 5.55. The smallest absolute Gasteiger partial charge is 0.147 e. The molecule has 0 saturated carbocycles. The highest BCUT2D eigenvalue weighted by Crippen LogP contribution is 2.20. The van der Waals surface area contributed by atoms with Crippen LogP contribution in [0.3, 0.4) is 0 Å². The highest BCUT2D eigenvalue weighted by molar-refractivity contribution is 7.05. The lowest BCUT2D eigenvalue weighted by Gasteiger charge is -2.12. The Kier molecular flexibility index (Phi) is 3.37. The van der Waals surface area contributed by atoms with Crippen LogP contribution in [0.4, 0.5) is 0 Å². The van der Waals surface area contributed by atoms with Gasteiger partial charge in [0.25, 0.3) is 0 Å². The summed E-state index contributed by atoms with van der Waals surface area (Å²) in [6.45, 7) is 8.08. The maximum atomic E-state index is 11.2. The second kappa shape index (κ2) is 4.17. The van der Waals surface area contributed by atoms with Crippen molar-refractivity contribution in [1.29, 1.82) is 0 Å².